The van der Waals surface area contributed by atoms with Crippen LogP contribution in [0.4, 0.5) is 11.4 Å². The summed E-state index contributed by atoms with van der Waals surface area (Å²) in [5, 5.41) is 10.2. The number of anilines is 2. The van der Waals surface area contributed by atoms with Crippen LogP contribution in [-0.4, -0.2) is 49.9 Å². The topological polar surface area (TPSA) is 125 Å². The number of carbonyl (C=O) groups is 2. The standard InChI is InChI=1S/C35H36ClN3O7S/c1-5-37(6-2)25-14-16-31(39(7-3)47(43,44)27-15-17-32-29(20-27)23(4)33(46-32)35(41)42)24(19-25)21-38(22-26-11-10-18-45-26)34(40)28-12-8-9-13-30(28)36/h8-20H,5-7,21-22H2,1-4H3,(H,41,42). The Kier molecular flexibility index (Phi) is 9.97. The van der Waals surface area contributed by atoms with Crippen molar-refractivity contribution in [1.82, 2.24) is 4.90 Å². The molecule has 2 heterocycles. The lowest BCUT2D eigenvalue weighted by Crippen LogP contribution is -2.34. The second kappa shape index (κ2) is 13.9. The molecule has 0 bridgehead atoms. The fraction of sp³-hybridized carbons (Fsp3) is 0.257. The summed E-state index contributed by atoms with van der Waals surface area (Å²) < 4.78 is 41.0. The Balaban J connectivity index is 1.63. The quantitative estimate of drug-likeness (QED) is 0.135. The molecule has 1 N–H and O–H groups in total. The molecule has 5 aromatic rings. The largest absolute Gasteiger partial charge is 0.475 e. The first-order valence-electron chi connectivity index (χ1n) is 15.2. The fourth-order valence-electron chi connectivity index (χ4n) is 5.69. The second-order valence-electron chi connectivity index (χ2n) is 10.9. The molecule has 0 saturated heterocycles. The van der Waals surface area contributed by atoms with Crippen LogP contribution >= 0.6 is 11.6 Å². The highest BCUT2D eigenvalue weighted by Gasteiger charge is 2.29. The van der Waals surface area contributed by atoms with E-state index in [1.807, 2.05) is 26.0 Å². The van der Waals surface area contributed by atoms with Gasteiger partial charge in [0.1, 0.15) is 11.3 Å². The average Bonchev–Trinajstić information content (AvgIpc) is 3.69. The van der Waals surface area contributed by atoms with Crippen molar-refractivity contribution in [2.24, 2.45) is 0 Å². The highest BCUT2D eigenvalue weighted by atomic mass is 35.5. The molecule has 0 radical (unpaired) electrons. The minimum absolute atomic E-state index is 0.0222. The van der Waals surface area contributed by atoms with Crippen molar-refractivity contribution in [2.45, 2.75) is 45.7 Å². The average molecular weight is 678 g/mol. The van der Waals surface area contributed by atoms with Crippen molar-refractivity contribution in [3.63, 3.8) is 0 Å². The van der Waals surface area contributed by atoms with Crippen molar-refractivity contribution in [1.29, 1.82) is 0 Å². The zero-order valence-electron chi connectivity index (χ0n) is 26.6. The van der Waals surface area contributed by atoms with Gasteiger partial charge in [-0.05, 0) is 93.9 Å². The molecule has 246 valence electrons. The van der Waals surface area contributed by atoms with Crippen LogP contribution < -0.4 is 9.21 Å². The molecule has 47 heavy (non-hydrogen) atoms. The summed E-state index contributed by atoms with van der Waals surface area (Å²) in [6.45, 7) is 9.08. The number of hydrogen-bond donors (Lipinski definition) is 1. The molecule has 0 unspecified atom stereocenters. The van der Waals surface area contributed by atoms with E-state index in [-0.39, 0.29) is 41.8 Å². The molecule has 1 amide bonds. The number of carboxylic acids is 1. The van der Waals surface area contributed by atoms with Crippen LogP contribution in [0, 0.1) is 6.92 Å². The zero-order chi connectivity index (χ0) is 33.9. The van der Waals surface area contributed by atoms with E-state index >= 15 is 0 Å². The number of halogens is 1. The van der Waals surface area contributed by atoms with Crippen molar-refractivity contribution in [3.8, 4) is 0 Å². The van der Waals surface area contributed by atoms with Crippen LogP contribution in [0.5, 0.6) is 0 Å². The molecule has 0 spiro atoms. The van der Waals surface area contributed by atoms with Gasteiger partial charge in [-0.2, -0.15) is 0 Å². The van der Waals surface area contributed by atoms with Crippen LogP contribution in [0.25, 0.3) is 11.0 Å². The van der Waals surface area contributed by atoms with E-state index in [0.717, 1.165) is 18.8 Å². The number of carbonyl (C=O) groups excluding carboxylic acids is 1. The van der Waals surface area contributed by atoms with Gasteiger partial charge in [0, 0.05) is 42.8 Å². The predicted octanol–water partition coefficient (Wildman–Crippen LogP) is 7.59. The SMILES string of the molecule is CCN(CC)c1ccc(N(CC)S(=O)(=O)c2ccc3oc(C(=O)O)c(C)c3c2)c(CN(Cc2ccco2)C(=O)c2ccccc2Cl)c1. The minimum atomic E-state index is -4.17. The Morgan fingerprint density at radius 3 is 2.28 bits per heavy atom. The summed E-state index contributed by atoms with van der Waals surface area (Å²) >= 11 is 6.45. The first kappa shape index (κ1) is 33.6. The number of aromatic carboxylic acids is 1. The number of nitrogens with zero attached hydrogens (tertiary/aromatic N) is 3. The van der Waals surface area contributed by atoms with Crippen LogP contribution in [0.2, 0.25) is 5.02 Å². The van der Waals surface area contributed by atoms with E-state index in [1.54, 1.807) is 61.2 Å². The lowest BCUT2D eigenvalue weighted by Gasteiger charge is -2.30. The van der Waals surface area contributed by atoms with E-state index in [4.69, 9.17) is 20.4 Å². The van der Waals surface area contributed by atoms with Crippen LogP contribution in [0.1, 0.15) is 58.6 Å². The van der Waals surface area contributed by atoms with Gasteiger partial charge in [0.05, 0.1) is 34.0 Å². The first-order chi connectivity index (χ1) is 22.5. The van der Waals surface area contributed by atoms with Gasteiger partial charge in [-0.3, -0.25) is 9.10 Å². The van der Waals surface area contributed by atoms with Crippen LogP contribution in [-0.2, 0) is 23.1 Å². The number of aryl methyl sites for hydroxylation is 1. The van der Waals surface area contributed by atoms with Gasteiger partial charge in [0.25, 0.3) is 15.9 Å². The molecule has 5 rings (SSSR count). The third kappa shape index (κ3) is 6.72. The molecule has 0 aliphatic carbocycles. The van der Waals surface area contributed by atoms with Gasteiger partial charge in [-0.15, -0.1) is 0 Å². The van der Waals surface area contributed by atoms with Gasteiger partial charge in [-0.1, -0.05) is 23.7 Å². The number of amides is 1. The molecular formula is C35H36ClN3O7S. The number of carboxylic acid groups (broad SMARTS) is 1. The van der Waals surface area contributed by atoms with E-state index in [0.29, 0.717) is 38.5 Å². The van der Waals surface area contributed by atoms with Crippen molar-refractivity contribution < 1.29 is 31.9 Å². The molecule has 12 heteroatoms. The minimum Gasteiger partial charge on any atom is -0.475 e. The Morgan fingerprint density at radius 2 is 1.64 bits per heavy atom. The Labute approximate surface area is 278 Å². The Morgan fingerprint density at radius 1 is 0.894 bits per heavy atom. The molecule has 2 aromatic heterocycles. The second-order valence-corrected chi connectivity index (χ2v) is 13.2. The molecule has 10 nitrogen and oxygen atoms in total. The molecule has 0 aliphatic heterocycles. The van der Waals surface area contributed by atoms with Crippen molar-refractivity contribution in [3.05, 3.63) is 112 Å². The maximum absolute atomic E-state index is 14.3. The van der Waals surface area contributed by atoms with E-state index in [2.05, 4.69) is 4.90 Å². The Hall–Kier alpha value is -4.74. The van der Waals surface area contributed by atoms with E-state index in [1.165, 1.54) is 28.8 Å². The Bertz CT molecular complexity index is 2020. The number of sulfonamides is 1. The highest BCUT2D eigenvalue weighted by Crippen LogP contribution is 2.35. The van der Waals surface area contributed by atoms with Gasteiger partial charge >= 0.3 is 5.97 Å². The maximum atomic E-state index is 14.3. The van der Waals surface area contributed by atoms with Crippen LogP contribution in [0.3, 0.4) is 0 Å². The summed E-state index contributed by atoms with van der Waals surface area (Å²) in [6.07, 6.45) is 1.53. The van der Waals surface area contributed by atoms with Gasteiger partial charge in [0.2, 0.25) is 5.76 Å². The summed E-state index contributed by atoms with van der Waals surface area (Å²) in [5.41, 5.74) is 2.80. The summed E-state index contributed by atoms with van der Waals surface area (Å²) in [4.78, 5) is 29.4. The van der Waals surface area contributed by atoms with E-state index in [9.17, 15) is 23.1 Å². The van der Waals surface area contributed by atoms with Gasteiger partial charge in [-0.25, -0.2) is 13.2 Å². The fourth-order valence-corrected chi connectivity index (χ4v) is 7.44. The first-order valence-corrected chi connectivity index (χ1v) is 17.0. The predicted molar refractivity (Wildman–Crippen MR) is 182 cm³/mol. The normalized spacial score (nSPS) is 11.5. The maximum Gasteiger partial charge on any atom is 0.372 e. The summed E-state index contributed by atoms with van der Waals surface area (Å²) in [5.74, 6) is -1.26. The third-order valence-corrected chi connectivity index (χ3v) is 10.3. The monoisotopic (exact) mass is 677 g/mol. The van der Waals surface area contributed by atoms with Crippen molar-refractivity contribution in [2.75, 3.05) is 28.8 Å². The smallest absolute Gasteiger partial charge is 0.372 e. The zero-order valence-corrected chi connectivity index (χ0v) is 28.1. The van der Waals surface area contributed by atoms with Crippen LogP contribution in [0.15, 0.2) is 92.8 Å². The number of furan rings is 2. The molecule has 0 fully saturated rings. The van der Waals surface area contributed by atoms with Gasteiger partial charge in [0.15, 0.2) is 0 Å². The lowest BCUT2D eigenvalue weighted by molar-refractivity contribution is 0.0662. The number of hydrogen-bond acceptors (Lipinski definition) is 7. The molecule has 0 aliphatic rings. The summed E-state index contributed by atoms with van der Waals surface area (Å²) in [6, 6.07) is 20.2. The molecule has 0 atom stereocenters. The molecule has 3 aromatic carbocycles. The highest BCUT2D eigenvalue weighted by molar-refractivity contribution is 7.92. The third-order valence-electron chi connectivity index (χ3n) is 8.12. The van der Waals surface area contributed by atoms with E-state index < -0.39 is 16.0 Å². The number of fused-ring (bicyclic) bond motifs is 1. The van der Waals surface area contributed by atoms with Crippen molar-refractivity contribution >= 4 is 55.8 Å². The molecular weight excluding hydrogens is 642 g/mol. The summed E-state index contributed by atoms with van der Waals surface area (Å²) in [7, 11) is -4.17. The number of benzene rings is 3. The van der Waals surface area contributed by atoms with Gasteiger partial charge < -0.3 is 23.7 Å². The molecule has 0 saturated carbocycles. The lowest BCUT2D eigenvalue weighted by atomic mass is 10.1. The number of rotatable bonds is 13.